The molecule has 0 atom stereocenters. The van der Waals surface area contributed by atoms with E-state index in [-0.39, 0.29) is 11.7 Å². The van der Waals surface area contributed by atoms with Crippen LogP contribution in [0.4, 0.5) is 13.2 Å². The number of aliphatic hydroxyl groups is 1. The number of ether oxygens (including phenoxy) is 1. The van der Waals surface area contributed by atoms with Gasteiger partial charge in [0.15, 0.2) is 6.61 Å². The first-order chi connectivity index (χ1) is 10.9. The quantitative estimate of drug-likeness (QED) is 0.882. The van der Waals surface area contributed by atoms with E-state index < -0.39 is 19.4 Å². The van der Waals surface area contributed by atoms with Gasteiger partial charge in [0.05, 0.1) is 0 Å². The largest absolute Gasteiger partial charge is 0.484 e. The van der Waals surface area contributed by atoms with Gasteiger partial charge in [-0.2, -0.15) is 13.2 Å². The summed E-state index contributed by atoms with van der Waals surface area (Å²) in [6.07, 6.45) is -4.36. The van der Waals surface area contributed by atoms with E-state index in [9.17, 15) is 18.0 Å². The van der Waals surface area contributed by atoms with Gasteiger partial charge in [-0.1, -0.05) is 12.1 Å². The van der Waals surface area contributed by atoms with Crippen molar-refractivity contribution in [2.24, 2.45) is 0 Å². The predicted molar refractivity (Wildman–Crippen MR) is 76.9 cm³/mol. The number of carbonyl (C=O) groups is 1. The summed E-state index contributed by atoms with van der Waals surface area (Å²) in [6.45, 7) is 1.15. The lowest BCUT2D eigenvalue weighted by molar-refractivity contribution is -0.153. The molecular formula is C15H19F3N2O3. The van der Waals surface area contributed by atoms with Gasteiger partial charge >= 0.3 is 6.18 Å². The van der Waals surface area contributed by atoms with Crippen LogP contribution in [0.3, 0.4) is 0 Å². The molecule has 128 valence electrons. The monoisotopic (exact) mass is 332 g/mol. The van der Waals surface area contributed by atoms with Crippen molar-refractivity contribution >= 4 is 5.91 Å². The van der Waals surface area contributed by atoms with Crippen LogP contribution in [0, 0.1) is 0 Å². The Bertz CT molecular complexity index is 529. The van der Waals surface area contributed by atoms with Crippen LogP contribution < -0.4 is 4.74 Å². The van der Waals surface area contributed by atoms with Gasteiger partial charge in [0.2, 0.25) is 5.91 Å². The number of alkyl halides is 3. The van der Waals surface area contributed by atoms with Gasteiger partial charge in [0.1, 0.15) is 12.4 Å². The van der Waals surface area contributed by atoms with Crippen LogP contribution in [-0.4, -0.2) is 66.4 Å². The highest BCUT2D eigenvalue weighted by molar-refractivity contribution is 5.77. The number of amides is 1. The molecule has 0 aromatic heterocycles. The Morgan fingerprint density at radius 3 is 2.52 bits per heavy atom. The Balaban J connectivity index is 1.85. The number of aliphatic hydroxyl groups excluding tert-OH is 1. The predicted octanol–water partition coefficient (Wildman–Crippen LogP) is 1.26. The van der Waals surface area contributed by atoms with Crippen LogP contribution in [0.5, 0.6) is 5.75 Å². The lowest BCUT2D eigenvalue weighted by Crippen LogP contribution is -2.49. The lowest BCUT2D eigenvalue weighted by atomic mass is 10.2. The molecule has 8 heteroatoms. The SMILES string of the molecule is O=C(CO)N1CCN(Cc2cccc(OCC(F)(F)F)c2)CC1. The number of nitrogens with zero attached hydrogens (tertiary/aromatic N) is 2. The summed E-state index contributed by atoms with van der Waals surface area (Å²) >= 11 is 0. The van der Waals surface area contributed by atoms with E-state index in [2.05, 4.69) is 4.90 Å². The Labute approximate surface area is 132 Å². The molecule has 1 aromatic rings. The number of carbonyl (C=O) groups excluding carboxylic acids is 1. The number of piperazine rings is 1. The summed E-state index contributed by atoms with van der Waals surface area (Å²) in [5, 5.41) is 8.83. The van der Waals surface area contributed by atoms with Gasteiger partial charge < -0.3 is 14.7 Å². The van der Waals surface area contributed by atoms with Crippen LogP contribution in [0.1, 0.15) is 5.56 Å². The molecule has 0 bridgehead atoms. The molecule has 1 fully saturated rings. The van der Waals surface area contributed by atoms with E-state index in [1.807, 2.05) is 6.07 Å². The molecule has 5 nitrogen and oxygen atoms in total. The van der Waals surface area contributed by atoms with Crippen molar-refractivity contribution < 1.29 is 27.8 Å². The maximum atomic E-state index is 12.2. The molecule has 1 amide bonds. The normalized spacial score (nSPS) is 16.4. The molecule has 1 heterocycles. The zero-order chi connectivity index (χ0) is 16.9. The molecule has 1 N–H and O–H groups in total. The third kappa shape index (κ3) is 5.72. The molecule has 1 saturated heterocycles. The third-order valence-corrected chi connectivity index (χ3v) is 3.57. The number of benzene rings is 1. The lowest BCUT2D eigenvalue weighted by Gasteiger charge is -2.34. The molecule has 0 spiro atoms. The Morgan fingerprint density at radius 1 is 1.22 bits per heavy atom. The molecule has 1 aromatic carbocycles. The van der Waals surface area contributed by atoms with Gasteiger partial charge in [-0.15, -0.1) is 0 Å². The minimum absolute atomic E-state index is 0.189. The highest BCUT2D eigenvalue weighted by atomic mass is 19.4. The van der Waals surface area contributed by atoms with Gasteiger partial charge in [0.25, 0.3) is 0 Å². The first-order valence-corrected chi connectivity index (χ1v) is 7.27. The van der Waals surface area contributed by atoms with Crippen molar-refractivity contribution in [3.05, 3.63) is 29.8 Å². The van der Waals surface area contributed by atoms with E-state index in [4.69, 9.17) is 9.84 Å². The molecule has 23 heavy (non-hydrogen) atoms. The first-order valence-electron chi connectivity index (χ1n) is 7.27. The second-order valence-corrected chi connectivity index (χ2v) is 5.37. The van der Waals surface area contributed by atoms with Gasteiger partial charge in [-0.05, 0) is 17.7 Å². The fourth-order valence-electron chi connectivity index (χ4n) is 2.41. The smallest absolute Gasteiger partial charge is 0.422 e. The van der Waals surface area contributed by atoms with Crippen molar-refractivity contribution in [3.8, 4) is 5.75 Å². The summed E-state index contributed by atoms with van der Waals surface area (Å²) in [5.41, 5.74) is 0.853. The van der Waals surface area contributed by atoms with Crippen LogP contribution in [0.2, 0.25) is 0 Å². The third-order valence-electron chi connectivity index (χ3n) is 3.57. The molecule has 2 rings (SSSR count). The van der Waals surface area contributed by atoms with Crippen molar-refractivity contribution in [1.29, 1.82) is 0 Å². The average Bonchev–Trinajstić information content (AvgIpc) is 2.53. The second-order valence-electron chi connectivity index (χ2n) is 5.37. The molecule has 0 aliphatic carbocycles. The van der Waals surface area contributed by atoms with E-state index in [0.717, 1.165) is 5.56 Å². The number of hydrogen-bond donors (Lipinski definition) is 1. The van der Waals surface area contributed by atoms with Gasteiger partial charge in [0, 0.05) is 32.7 Å². The van der Waals surface area contributed by atoms with Crippen molar-refractivity contribution in [2.45, 2.75) is 12.7 Å². The Hall–Kier alpha value is -1.80. The van der Waals surface area contributed by atoms with E-state index >= 15 is 0 Å². The molecule has 0 radical (unpaired) electrons. The Morgan fingerprint density at radius 2 is 1.91 bits per heavy atom. The fraction of sp³-hybridized carbons (Fsp3) is 0.533. The minimum Gasteiger partial charge on any atom is -0.484 e. The first kappa shape index (κ1) is 17.6. The molecule has 1 aliphatic heterocycles. The topological polar surface area (TPSA) is 53.0 Å². The molecule has 1 aliphatic rings. The van der Waals surface area contributed by atoms with Crippen LogP contribution in [0.25, 0.3) is 0 Å². The highest BCUT2D eigenvalue weighted by Crippen LogP contribution is 2.20. The van der Waals surface area contributed by atoms with E-state index in [0.29, 0.717) is 32.7 Å². The van der Waals surface area contributed by atoms with Gasteiger partial charge in [-0.3, -0.25) is 9.69 Å². The van der Waals surface area contributed by atoms with Crippen LogP contribution >= 0.6 is 0 Å². The maximum Gasteiger partial charge on any atom is 0.422 e. The molecular weight excluding hydrogens is 313 g/mol. The summed E-state index contributed by atoms with van der Waals surface area (Å²) < 4.78 is 41.2. The van der Waals surface area contributed by atoms with Crippen molar-refractivity contribution in [1.82, 2.24) is 9.80 Å². The van der Waals surface area contributed by atoms with E-state index in [1.165, 1.54) is 6.07 Å². The Kier molecular flexibility index (Phi) is 5.84. The number of hydrogen-bond acceptors (Lipinski definition) is 4. The summed E-state index contributed by atoms with van der Waals surface area (Å²) in [4.78, 5) is 15.1. The zero-order valence-corrected chi connectivity index (χ0v) is 12.6. The standard InChI is InChI=1S/C15H19F3N2O3/c16-15(17,18)11-23-13-3-1-2-12(8-13)9-19-4-6-20(7-5-19)14(22)10-21/h1-3,8,21H,4-7,9-11H2. The zero-order valence-electron chi connectivity index (χ0n) is 12.6. The number of rotatable bonds is 5. The highest BCUT2D eigenvalue weighted by Gasteiger charge is 2.28. The van der Waals surface area contributed by atoms with Crippen LogP contribution in [0.15, 0.2) is 24.3 Å². The van der Waals surface area contributed by atoms with Crippen LogP contribution in [-0.2, 0) is 11.3 Å². The van der Waals surface area contributed by atoms with E-state index in [1.54, 1.807) is 17.0 Å². The second kappa shape index (κ2) is 7.65. The van der Waals surface area contributed by atoms with Crippen molar-refractivity contribution in [2.75, 3.05) is 39.4 Å². The average molecular weight is 332 g/mol. The maximum absolute atomic E-state index is 12.2. The fourth-order valence-corrected chi connectivity index (χ4v) is 2.41. The van der Waals surface area contributed by atoms with Gasteiger partial charge in [-0.25, -0.2) is 0 Å². The molecule has 0 unspecified atom stereocenters. The summed E-state index contributed by atoms with van der Waals surface area (Å²) in [7, 11) is 0. The number of halogens is 3. The van der Waals surface area contributed by atoms with Crippen molar-refractivity contribution in [3.63, 3.8) is 0 Å². The summed E-state index contributed by atoms with van der Waals surface area (Å²) in [5.74, 6) is -0.0962. The minimum atomic E-state index is -4.36. The summed E-state index contributed by atoms with van der Waals surface area (Å²) in [6, 6.07) is 6.57. The molecule has 0 saturated carbocycles.